The van der Waals surface area contributed by atoms with Gasteiger partial charge in [-0.15, -0.1) is 0 Å². The Hall–Kier alpha value is -1.61. The molecule has 100 valence electrons. The summed E-state index contributed by atoms with van der Waals surface area (Å²) in [6.45, 7) is 6.09. The van der Waals surface area contributed by atoms with Crippen LogP contribution < -0.4 is 5.32 Å². The number of nitrogens with one attached hydrogen (secondary N) is 1. The molecule has 0 radical (unpaired) electrons. The number of hydrogen-bond acceptors (Lipinski definition) is 3. The van der Waals surface area contributed by atoms with Crippen LogP contribution in [0, 0.1) is 13.8 Å². The van der Waals surface area contributed by atoms with Crippen LogP contribution in [0.25, 0.3) is 0 Å². The lowest BCUT2D eigenvalue weighted by Crippen LogP contribution is -2.03. The molecule has 0 saturated carbocycles. The van der Waals surface area contributed by atoms with Crippen LogP contribution in [0.1, 0.15) is 30.3 Å². The third kappa shape index (κ3) is 3.44. The summed E-state index contributed by atoms with van der Waals surface area (Å²) in [5.74, 6) is 1.57. The molecule has 0 aliphatic heterocycles. The van der Waals surface area contributed by atoms with Crippen molar-refractivity contribution in [2.24, 2.45) is 0 Å². The van der Waals surface area contributed by atoms with Crippen LogP contribution in [0.4, 0.5) is 11.5 Å². The molecule has 0 bridgehead atoms. The Morgan fingerprint density at radius 3 is 2.42 bits per heavy atom. The van der Waals surface area contributed by atoms with Crippen molar-refractivity contribution in [3.63, 3.8) is 0 Å². The standard InChI is InChI=1S/C15H18ClN3/c1-4-5-13-18-14(16)11(3)15(19-13)17-12-8-6-10(2)7-9-12/h6-9H,4-5H2,1-3H3,(H,17,18,19). The monoisotopic (exact) mass is 275 g/mol. The maximum absolute atomic E-state index is 6.16. The van der Waals surface area contributed by atoms with Crippen LogP contribution in [0.3, 0.4) is 0 Å². The lowest BCUT2D eigenvalue weighted by molar-refractivity contribution is 0.833. The molecule has 0 spiro atoms. The summed E-state index contributed by atoms with van der Waals surface area (Å²) in [6.07, 6.45) is 1.84. The molecule has 4 heteroatoms. The van der Waals surface area contributed by atoms with Gasteiger partial charge in [0.15, 0.2) is 0 Å². The van der Waals surface area contributed by atoms with Gasteiger partial charge >= 0.3 is 0 Å². The number of benzene rings is 1. The molecule has 1 heterocycles. The van der Waals surface area contributed by atoms with Gasteiger partial charge in [0.1, 0.15) is 16.8 Å². The predicted molar refractivity (Wildman–Crippen MR) is 80.2 cm³/mol. The lowest BCUT2D eigenvalue weighted by Gasteiger charge is -2.11. The van der Waals surface area contributed by atoms with Crippen LogP contribution >= 0.6 is 11.6 Å². The molecule has 1 aromatic heterocycles. The predicted octanol–water partition coefficient (Wildman–Crippen LogP) is 4.44. The highest BCUT2D eigenvalue weighted by Gasteiger charge is 2.09. The number of aryl methyl sites for hydroxylation is 2. The Labute approximate surface area is 119 Å². The van der Waals surface area contributed by atoms with E-state index < -0.39 is 0 Å². The minimum absolute atomic E-state index is 0.521. The Balaban J connectivity index is 2.30. The molecule has 0 amide bonds. The Morgan fingerprint density at radius 2 is 1.79 bits per heavy atom. The van der Waals surface area contributed by atoms with Crippen LogP contribution in [0.2, 0.25) is 5.15 Å². The fraction of sp³-hybridized carbons (Fsp3) is 0.333. The zero-order valence-electron chi connectivity index (χ0n) is 11.5. The van der Waals surface area contributed by atoms with Gasteiger partial charge in [0.25, 0.3) is 0 Å². The first-order chi connectivity index (χ1) is 9.10. The van der Waals surface area contributed by atoms with Gasteiger partial charge in [0, 0.05) is 17.7 Å². The first kappa shape index (κ1) is 13.8. The van der Waals surface area contributed by atoms with Crippen molar-refractivity contribution in [2.75, 3.05) is 5.32 Å². The third-order valence-corrected chi connectivity index (χ3v) is 3.29. The van der Waals surface area contributed by atoms with Crippen LogP contribution in [0.5, 0.6) is 0 Å². The molecule has 1 aromatic carbocycles. The van der Waals surface area contributed by atoms with Crippen molar-refractivity contribution in [3.05, 3.63) is 46.4 Å². The molecule has 3 nitrogen and oxygen atoms in total. The largest absolute Gasteiger partial charge is 0.340 e. The molecule has 0 aliphatic rings. The van der Waals surface area contributed by atoms with Crippen molar-refractivity contribution >= 4 is 23.1 Å². The number of aromatic nitrogens is 2. The van der Waals surface area contributed by atoms with Crippen LogP contribution in [-0.2, 0) is 6.42 Å². The number of nitrogens with zero attached hydrogens (tertiary/aromatic N) is 2. The van der Waals surface area contributed by atoms with E-state index in [2.05, 4.69) is 41.3 Å². The van der Waals surface area contributed by atoms with E-state index in [1.807, 2.05) is 19.1 Å². The number of anilines is 2. The molecule has 0 aliphatic carbocycles. The summed E-state index contributed by atoms with van der Waals surface area (Å²) in [5, 5.41) is 3.82. The zero-order valence-corrected chi connectivity index (χ0v) is 12.3. The lowest BCUT2D eigenvalue weighted by atomic mass is 10.2. The maximum atomic E-state index is 6.16. The Morgan fingerprint density at radius 1 is 1.11 bits per heavy atom. The fourth-order valence-electron chi connectivity index (χ4n) is 1.76. The molecule has 1 N–H and O–H groups in total. The minimum Gasteiger partial charge on any atom is -0.340 e. The van der Waals surface area contributed by atoms with Gasteiger partial charge in [-0.3, -0.25) is 0 Å². The van der Waals surface area contributed by atoms with Crippen molar-refractivity contribution in [1.82, 2.24) is 9.97 Å². The van der Waals surface area contributed by atoms with E-state index in [0.717, 1.165) is 35.7 Å². The van der Waals surface area contributed by atoms with Gasteiger partial charge in [0.2, 0.25) is 0 Å². The quantitative estimate of drug-likeness (QED) is 0.838. The van der Waals surface area contributed by atoms with Crippen molar-refractivity contribution in [1.29, 1.82) is 0 Å². The minimum atomic E-state index is 0.521. The molecule has 2 aromatic rings. The molecule has 2 rings (SSSR count). The van der Waals surface area contributed by atoms with E-state index in [9.17, 15) is 0 Å². The van der Waals surface area contributed by atoms with E-state index in [-0.39, 0.29) is 0 Å². The van der Waals surface area contributed by atoms with Crippen molar-refractivity contribution in [3.8, 4) is 0 Å². The smallest absolute Gasteiger partial charge is 0.138 e. The van der Waals surface area contributed by atoms with Gasteiger partial charge in [-0.05, 0) is 32.4 Å². The topological polar surface area (TPSA) is 37.8 Å². The zero-order chi connectivity index (χ0) is 13.8. The van der Waals surface area contributed by atoms with Gasteiger partial charge in [0.05, 0.1) is 0 Å². The summed E-state index contributed by atoms with van der Waals surface area (Å²) in [6, 6.07) is 8.19. The summed E-state index contributed by atoms with van der Waals surface area (Å²) >= 11 is 6.16. The molecular weight excluding hydrogens is 258 g/mol. The molecule has 0 atom stereocenters. The first-order valence-corrected chi connectivity index (χ1v) is 6.84. The Bertz CT molecular complexity index is 564. The number of halogens is 1. The first-order valence-electron chi connectivity index (χ1n) is 6.47. The van der Waals surface area contributed by atoms with E-state index in [1.54, 1.807) is 0 Å². The highest BCUT2D eigenvalue weighted by molar-refractivity contribution is 6.30. The maximum Gasteiger partial charge on any atom is 0.138 e. The van der Waals surface area contributed by atoms with Gasteiger partial charge in [-0.2, -0.15) is 0 Å². The molecular formula is C15H18ClN3. The molecule has 0 fully saturated rings. The number of rotatable bonds is 4. The van der Waals surface area contributed by atoms with Crippen molar-refractivity contribution < 1.29 is 0 Å². The normalized spacial score (nSPS) is 10.5. The molecule has 0 unspecified atom stereocenters. The van der Waals surface area contributed by atoms with Crippen molar-refractivity contribution in [2.45, 2.75) is 33.6 Å². The summed E-state index contributed by atoms with van der Waals surface area (Å²) < 4.78 is 0. The Kier molecular flexibility index (Phi) is 4.38. The van der Waals surface area contributed by atoms with E-state index in [4.69, 9.17) is 11.6 Å². The molecule has 0 saturated heterocycles. The summed E-state index contributed by atoms with van der Waals surface area (Å²) in [5.41, 5.74) is 3.11. The van der Waals surface area contributed by atoms with E-state index >= 15 is 0 Å². The second kappa shape index (κ2) is 6.02. The van der Waals surface area contributed by atoms with E-state index in [0.29, 0.717) is 5.15 Å². The third-order valence-electron chi connectivity index (χ3n) is 2.92. The second-order valence-corrected chi connectivity index (χ2v) is 5.00. The van der Waals surface area contributed by atoms with E-state index in [1.165, 1.54) is 5.56 Å². The summed E-state index contributed by atoms with van der Waals surface area (Å²) in [7, 11) is 0. The second-order valence-electron chi connectivity index (χ2n) is 4.65. The SMILES string of the molecule is CCCc1nc(Cl)c(C)c(Nc2ccc(C)cc2)n1. The van der Waals surface area contributed by atoms with Crippen LogP contribution in [-0.4, -0.2) is 9.97 Å². The average Bonchev–Trinajstić information content (AvgIpc) is 2.38. The summed E-state index contributed by atoms with van der Waals surface area (Å²) in [4.78, 5) is 8.83. The van der Waals surface area contributed by atoms with Gasteiger partial charge in [-0.1, -0.05) is 36.2 Å². The average molecular weight is 276 g/mol. The van der Waals surface area contributed by atoms with Crippen LogP contribution in [0.15, 0.2) is 24.3 Å². The van der Waals surface area contributed by atoms with Gasteiger partial charge in [-0.25, -0.2) is 9.97 Å². The molecule has 19 heavy (non-hydrogen) atoms. The fourth-order valence-corrected chi connectivity index (χ4v) is 1.95. The van der Waals surface area contributed by atoms with Gasteiger partial charge < -0.3 is 5.32 Å². The highest BCUT2D eigenvalue weighted by atomic mass is 35.5. The highest BCUT2D eigenvalue weighted by Crippen LogP contribution is 2.24. The number of hydrogen-bond donors (Lipinski definition) is 1.